The van der Waals surface area contributed by atoms with Crippen LogP contribution >= 0.6 is 11.3 Å². The van der Waals surface area contributed by atoms with Crippen molar-refractivity contribution in [3.8, 4) is 0 Å². The summed E-state index contributed by atoms with van der Waals surface area (Å²) in [4.78, 5) is 12.6. The van der Waals surface area contributed by atoms with Gasteiger partial charge in [-0.05, 0) is 6.92 Å². The van der Waals surface area contributed by atoms with Crippen LogP contribution in [0.2, 0.25) is 0 Å². The minimum atomic E-state index is 0.729. The highest BCUT2D eigenvalue weighted by Crippen LogP contribution is 2.03. The summed E-state index contributed by atoms with van der Waals surface area (Å²) in [5.74, 6) is 0. The van der Waals surface area contributed by atoms with Crippen LogP contribution in [0.25, 0.3) is 0 Å². The molecule has 0 aromatic carbocycles. The molecule has 0 fully saturated rings. The number of hydrogen-bond donors (Lipinski definition) is 1. The zero-order valence-electron chi connectivity index (χ0n) is 8.47. The molecule has 2 rings (SSSR count). The van der Waals surface area contributed by atoms with Gasteiger partial charge in [0.2, 0.25) is 0 Å². The smallest absolute Gasteiger partial charge is 0.106 e. The molecule has 0 radical (unpaired) electrons. The number of nitrogens with zero attached hydrogens (tertiary/aromatic N) is 3. The van der Waals surface area contributed by atoms with Crippen LogP contribution in [0.3, 0.4) is 0 Å². The molecule has 0 amide bonds. The maximum atomic E-state index is 4.26. The zero-order chi connectivity index (χ0) is 10.5. The molecule has 0 spiro atoms. The van der Waals surface area contributed by atoms with E-state index in [0.717, 1.165) is 29.5 Å². The van der Waals surface area contributed by atoms with E-state index in [4.69, 9.17) is 0 Å². The normalized spacial score (nSPS) is 10.5. The Hall–Kier alpha value is -1.33. The summed E-state index contributed by atoms with van der Waals surface area (Å²) in [6.45, 7) is 3.44. The van der Waals surface area contributed by atoms with Gasteiger partial charge in [0.05, 0.1) is 11.4 Å². The lowest BCUT2D eigenvalue weighted by Gasteiger charge is -2.01. The van der Waals surface area contributed by atoms with Crippen molar-refractivity contribution < 1.29 is 0 Å². The van der Waals surface area contributed by atoms with Crippen LogP contribution in [0.1, 0.15) is 16.4 Å². The van der Waals surface area contributed by atoms with E-state index in [2.05, 4.69) is 20.3 Å². The Balaban J connectivity index is 1.81. The zero-order valence-corrected chi connectivity index (χ0v) is 9.29. The summed E-state index contributed by atoms with van der Waals surface area (Å²) in [5, 5.41) is 6.34. The average molecular weight is 220 g/mol. The highest BCUT2D eigenvalue weighted by Gasteiger charge is 1.97. The Bertz CT molecular complexity index is 396. The second kappa shape index (κ2) is 4.95. The fourth-order valence-electron chi connectivity index (χ4n) is 1.15. The second-order valence-electron chi connectivity index (χ2n) is 3.18. The number of aryl methyl sites for hydroxylation is 1. The minimum absolute atomic E-state index is 0.729. The minimum Gasteiger partial charge on any atom is -0.305 e. The topological polar surface area (TPSA) is 50.7 Å². The Kier molecular flexibility index (Phi) is 3.37. The number of rotatable bonds is 4. The Morgan fingerprint density at radius 3 is 2.80 bits per heavy atom. The SMILES string of the molecule is Cc1cnc(CNCc2nccs2)cn1. The monoisotopic (exact) mass is 220 g/mol. The van der Waals surface area contributed by atoms with Gasteiger partial charge in [-0.15, -0.1) is 11.3 Å². The van der Waals surface area contributed by atoms with Crippen LogP contribution in [0.4, 0.5) is 0 Å². The fourth-order valence-corrected chi connectivity index (χ4v) is 1.73. The second-order valence-corrected chi connectivity index (χ2v) is 4.16. The van der Waals surface area contributed by atoms with E-state index >= 15 is 0 Å². The molecule has 4 nitrogen and oxygen atoms in total. The summed E-state index contributed by atoms with van der Waals surface area (Å²) in [6, 6.07) is 0. The Labute approximate surface area is 92.4 Å². The van der Waals surface area contributed by atoms with Crippen LogP contribution in [0.5, 0.6) is 0 Å². The van der Waals surface area contributed by atoms with E-state index in [1.165, 1.54) is 0 Å². The summed E-state index contributed by atoms with van der Waals surface area (Å²) < 4.78 is 0. The van der Waals surface area contributed by atoms with Crippen molar-refractivity contribution in [2.24, 2.45) is 0 Å². The van der Waals surface area contributed by atoms with Crippen molar-refractivity contribution in [2.75, 3.05) is 0 Å². The first-order valence-electron chi connectivity index (χ1n) is 4.71. The van der Waals surface area contributed by atoms with Gasteiger partial charge < -0.3 is 5.32 Å². The van der Waals surface area contributed by atoms with Crippen LogP contribution in [-0.4, -0.2) is 15.0 Å². The van der Waals surface area contributed by atoms with Crippen LogP contribution in [0, 0.1) is 6.92 Å². The lowest BCUT2D eigenvalue weighted by atomic mass is 10.4. The predicted molar refractivity (Wildman–Crippen MR) is 59.4 cm³/mol. The van der Waals surface area contributed by atoms with Crippen molar-refractivity contribution in [3.63, 3.8) is 0 Å². The molecule has 1 N–H and O–H groups in total. The highest BCUT2D eigenvalue weighted by atomic mass is 32.1. The van der Waals surface area contributed by atoms with E-state index < -0.39 is 0 Å². The lowest BCUT2D eigenvalue weighted by Crippen LogP contribution is -2.13. The van der Waals surface area contributed by atoms with E-state index in [1.807, 2.05) is 18.5 Å². The molecule has 78 valence electrons. The molecule has 0 bridgehead atoms. The molecular weight excluding hydrogens is 208 g/mol. The van der Waals surface area contributed by atoms with Crippen molar-refractivity contribution in [2.45, 2.75) is 20.0 Å². The standard InChI is InChI=1S/C10H12N4S/c1-8-4-14-9(6-13-8)5-11-7-10-12-2-3-15-10/h2-4,6,11H,5,7H2,1H3. The van der Waals surface area contributed by atoms with Gasteiger partial charge in [0.25, 0.3) is 0 Å². The lowest BCUT2D eigenvalue weighted by molar-refractivity contribution is 0.673. The Morgan fingerprint density at radius 2 is 2.13 bits per heavy atom. The summed E-state index contributed by atoms with van der Waals surface area (Å²) in [7, 11) is 0. The number of aromatic nitrogens is 3. The van der Waals surface area contributed by atoms with Crippen LogP contribution < -0.4 is 5.32 Å². The summed E-state index contributed by atoms with van der Waals surface area (Å²) in [6.07, 6.45) is 5.39. The third-order valence-corrected chi connectivity index (χ3v) is 2.68. The number of thiazole rings is 1. The van der Waals surface area contributed by atoms with E-state index in [1.54, 1.807) is 23.7 Å². The van der Waals surface area contributed by atoms with Gasteiger partial charge in [-0.3, -0.25) is 9.97 Å². The molecule has 5 heteroatoms. The molecule has 2 aromatic rings. The third-order valence-electron chi connectivity index (χ3n) is 1.90. The predicted octanol–water partition coefficient (Wildman–Crippen LogP) is 1.53. The maximum Gasteiger partial charge on any atom is 0.106 e. The molecule has 2 aromatic heterocycles. The molecule has 0 saturated heterocycles. The molecular formula is C10H12N4S. The first-order chi connectivity index (χ1) is 7.34. The maximum absolute atomic E-state index is 4.26. The van der Waals surface area contributed by atoms with Gasteiger partial charge in [-0.2, -0.15) is 0 Å². The fraction of sp³-hybridized carbons (Fsp3) is 0.300. The van der Waals surface area contributed by atoms with Gasteiger partial charge in [-0.25, -0.2) is 4.98 Å². The molecule has 0 aliphatic carbocycles. The van der Waals surface area contributed by atoms with Gasteiger partial charge >= 0.3 is 0 Å². The molecule has 0 saturated carbocycles. The largest absolute Gasteiger partial charge is 0.305 e. The number of hydrogen-bond acceptors (Lipinski definition) is 5. The van der Waals surface area contributed by atoms with Gasteiger partial charge in [0, 0.05) is 37.1 Å². The molecule has 0 unspecified atom stereocenters. The molecule has 0 aliphatic rings. The van der Waals surface area contributed by atoms with Crippen LogP contribution in [0.15, 0.2) is 24.0 Å². The van der Waals surface area contributed by atoms with Crippen molar-refractivity contribution in [1.29, 1.82) is 0 Å². The van der Waals surface area contributed by atoms with E-state index in [9.17, 15) is 0 Å². The summed E-state index contributed by atoms with van der Waals surface area (Å²) in [5.41, 5.74) is 1.90. The first-order valence-corrected chi connectivity index (χ1v) is 5.59. The average Bonchev–Trinajstić information content (AvgIpc) is 2.74. The van der Waals surface area contributed by atoms with Crippen molar-refractivity contribution in [3.05, 3.63) is 40.4 Å². The third kappa shape index (κ3) is 3.07. The van der Waals surface area contributed by atoms with E-state index in [0.29, 0.717) is 0 Å². The number of nitrogens with one attached hydrogen (secondary N) is 1. The Morgan fingerprint density at radius 1 is 1.20 bits per heavy atom. The molecule has 0 atom stereocenters. The van der Waals surface area contributed by atoms with Gasteiger partial charge in [-0.1, -0.05) is 0 Å². The van der Waals surface area contributed by atoms with Crippen molar-refractivity contribution >= 4 is 11.3 Å². The molecule has 2 heterocycles. The van der Waals surface area contributed by atoms with Crippen molar-refractivity contribution in [1.82, 2.24) is 20.3 Å². The molecule has 0 aliphatic heterocycles. The first kappa shape index (κ1) is 10.2. The van der Waals surface area contributed by atoms with Gasteiger partial charge in [0.15, 0.2) is 0 Å². The summed E-state index contributed by atoms with van der Waals surface area (Å²) >= 11 is 1.65. The van der Waals surface area contributed by atoms with Crippen LogP contribution in [-0.2, 0) is 13.1 Å². The highest BCUT2D eigenvalue weighted by molar-refractivity contribution is 7.09. The van der Waals surface area contributed by atoms with E-state index in [-0.39, 0.29) is 0 Å². The van der Waals surface area contributed by atoms with Gasteiger partial charge in [0.1, 0.15) is 5.01 Å². The quantitative estimate of drug-likeness (QED) is 0.849. The molecule has 15 heavy (non-hydrogen) atoms.